The summed E-state index contributed by atoms with van der Waals surface area (Å²) in [6.45, 7) is 2.67. The molecule has 0 spiro atoms. The SMILES string of the molecule is Cc1sc2ccccc2[n+]1Cc1cc(Cl)cc(C(=O)O)c1. The second-order valence-corrected chi connectivity index (χ2v) is 6.50. The molecule has 0 amide bonds. The van der Waals surface area contributed by atoms with Crippen LogP contribution in [0.2, 0.25) is 5.02 Å². The van der Waals surface area contributed by atoms with Crippen molar-refractivity contribution in [3.8, 4) is 0 Å². The first-order valence-corrected chi connectivity index (χ1v) is 7.65. The maximum Gasteiger partial charge on any atom is 0.335 e. The van der Waals surface area contributed by atoms with Gasteiger partial charge in [0.1, 0.15) is 4.70 Å². The van der Waals surface area contributed by atoms with E-state index in [-0.39, 0.29) is 5.56 Å². The molecule has 0 saturated heterocycles. The van der Waals surface area contributed by atoms with Gasteiger partial charge in [0, 0.05) is 23.6 Å². The number of halogens is 1. The topological polar surface area (TPSA) is 41.2 Å². The molecule has 0 unspecified atom stereocenters. The number of rotatable bonds is 3. The smallest absolute Gasteiger partial charge is 0.335 e. The van der Waals surface area contributed by atoms with E-state index in [9.17, 15) is 4.79 Å². The van der Waals surface area contributed by atoms with Crippen molar-refractivity contribution < 1.29 is 14.5 Å². The van der Waals surface area contributed by atoms with Crippen LogP contribution in [0.1, 0.15) is 20.9 Å². The van der Waals surface area contributed by atoms with Gasteiger partial charge in [-0.25, -0.2) is 4.79 Å². The predicted octanol–water partition coefficient (Wildman–Crippen LogP) is 3.90. The fourth-order valence-electron chi connectivity index (χ4n) is 2.39. The molecule has 0 atom stereocenters. The van der Waals surface area contributed by atoms with Crippen molar-refractivity contribution in [3.63, 3.8) is 0 Å². The van der Waals surface area contributed by atoms with Crippen molar-refractivity contribution in [3.05, 3.63) is 63.6 Å². The molecule has 1 aromatic heterocycles. The summed E-state index contributed by atoms with van der Waals surface area (Å²) in [5.41, 5.74) is 2.25. The molecule has 2 aromatic carbocycles. The second-order valence-electron chi connectivity index (χ2n) is 4.83. The van der Waals surface area contributed by atoms with Crippen LogP contribution in [0, 0.1) is 6.92 Å². The van der Waals surface area contributed by atoms with E-state index in [1.165, 1.54) is 15.8 Å². The summed E-state index contributed by atoms with van der Waals surface area (Å²) in [4.78, 5) is 11.1. The monoisotopic (exact) mass is 318 g/mol. The lowest BCUT2D eigenvalue weighted by atomic mass is 10.1. The summed E-state index contributed by atoms with van der Waals surface area (Å²) < 4.78 is 3.40. The summed E-state index contributed by atoms with van der Waals surface area (Å²) in [5, 5.41) is 10.7. The van der Waals surface area contributed by atoms with E-state index >= 15 is 0 Å². The number of thiazole rings is 1. The van der Waals surface area contributed by atoms with E-state index in [0.29, 0.717) is 11.6 Å². The minimum absolute atomic E-state index is 0.218. The summed E-state index contributed by atoms with van der Waals surface area (Å²) >= 11 is 7.75. The molecule has 5 heteroatoms. The molecular formula is C16H13ClNO2S+. The Balaban J connectivity index is 2.06. The van der Waals surface area contributed by atoms with E-state index in [4.69, 9.17) is 16.7 Å². The van der Waals surface area contributed by atoms with E-state index in [2.05, 4.69) is 23.6 Å². The quantitative estimate of drug-likeness (QED) is 0.744. The molecule has 0 bridgehead atoms. The molecule has 0 aliphatic carbocycles. The van der Waals surface area contributed by atoms with Gasteiger partial charge in [-0.15, -0.1) is 0 Å². The maximum absolute atomic E-state index is 11.1. The highest BCUT2D eigenvalue weighted by Crippen LogP contribution is 2.21. The Labute approximate surface area is 131 Å². The number of carboxylic acids is 1. The molecule has 3 nitrogen and oxygen atoms in total. The zero-order chi connectivity index (χ0) is 15.0. The van der Waals surface area contributed by atoms with Gasteiger partial charge >= 0.3 is 5.97 Å². The molecule has 0 aliphatic heterocycles. The summed E-state index contributed by atoms with van der Waals surface area (Å²) in [6, 6.07) is 13.1. The fraction of sp³-hybridized carbons (Fsp3) is 0.125. The lowest BCUT2D eigenvalue weighted by molar-refractivity contribution is -0.664. The van der Waals surface area contributed by atoms with Crippen LogP contribution in [0.15, 0.2) is 42.5 Å². The Hall–Kier alpha value is -1.91. The third-order valence-electron chi connectivity index (χ3n) is 3.34. The molecular weight excluding hydrogens is 306 g/mol. The zero-order valence-corrected chi connectivity index (χ0v) is 12.9. The number of nitrogens with zero attached hydrogens (tertiary/aromatic N) is 1. The molecule has 0 radical (unpaired) electrons. The molecule has 1 N–H and O–H groups in total. The van der Waals surface area contributed by atoms with Crippen LogP contribution >= 0.6 is 22.9 Å². The number of para-hydroxylation sites is 1. The highest BCUT2D eigenvalue weighted by Gasteiger charge is 2.18. The molecule has 3 rings (SSSR count). The number of hydrogen-bond donors (Lipinski definition) is 1. The predicted molar refractivity (Wildman–Crippen MR) is 84.3 cm³/mol. The van der Waals surface area contributed by atoms with E-state index in [1.807, 2.05) is 18.2 Å². The minimum Gasteiger partial charge on any atom is -0.478 e. The molecule has 3 aromatic rings. The van der Waals surface area contributed by atoms with Gasteiger partial charge in [-0.1, -0.05) is 35.1 Å². The number of aromatic carboxylic acids is 1. The van der Waals surface area contributed by atoms with Crippen LogP contribution in [0.4, 0.5) is 0 Å². The van der Waals surface area contributed by atoms with Gasteiger partial charge < -0.3 is 5.11 Å². The average molecular weight is 319 g/mol. The molecule has 106 valence electrons. The van der Waals surface area contributed by atoms with E-state index < -0.39 is 5.97 Å². The molecule has 0 saturated carbocycles. The number of benzene rings is 2. The Morgan fingerprint density at radius 1 is 1.29 bits per heavy atom. The van der Waals surface area contributed by atoms with Crippen LogP contribution in [-0.4, -0.2) is 11.1 Å². The Bertz CT molecular complexity index is 841. The number of aryl methyl sites for hydroxylation is 1. The summed E-state index contributed by atoms with van der Waals surface area (Å²) in [7, 11) is 0. The molecule has 0 aliphatic rings. The average Bonchev–Trinajstić information content (AvgIpc) is 2.75. The first-order chi connectivity index (χ1) is 10.0. The van der Waals surface area contributed by atoms with Gasteiger partial charge in [0.05, 0.1) is 5.56 Å². The highest BCUT2D eigenvalue weighted by molar-refractivity contribution is 7.18. The van der Waals surface area contributed by atoms with Crippen molar-refractivity contribution in [1.82, 2.24) is 0 Å². The summed E-state index contributed by atoms with van der Waals surface area (Å²) in [5.74, 6) is -0.962. The first kappa shape index (κ1) is 14.0. The van der Waals surface area contributed by atoms with Gasteiger partial charge in [-0.3, -0.25) is 0 Å². The van der Waals surface area contributed by atoms with Gasteiger partial charge in [0.2, 0.25) is 10.5 Å². The maximum atomic E-state index is 11.1. The fourth-order valence-corrected chi connectivity index (χ4v) is 3.67. The Kier molecular flexibility index (Phi) is 3.66. The van der Waals surface area contributed by atoms with Crippen molar-refractivity contribution in [2.24, 2.45) is 0 Å². The largest absolute Gasteiger partial charge is 0.478 e. The van der Waals surface area contributed by atoms with Crippen molar-refractivity contribution in [1.29, 1.82) is 0 Å². The molecule has 1 heterocycles. The van der Waals surface area contributed by atoms with Crippen molar-refractivity contribution in [2.75, 3.05) is 0 Å². The zero-order valence-electron chi connectivity index (χ0n) is 11.3. The van der Waals surface area contributed by atoms with Gasteiger partial charge in [0.25, 0.3) is 0 Å². The summed E-state index contributed by atoms with van der Waals surface area (Å²) in [6.07, 6.45) is 0. The number of hydrogen-bond acceptors (Lipinski definition) is 2. The van der Waals surface area contributed by atoms with Crippen LogP contribution in [-0.2, 0) is 6.54 Å². The van der Waals surface area contributed by atoms with E-state index in [0.717, 1.165) is 11.1 Å². The first-order valence-electron chi connectivity index (χ1n) is 6.45. The Morgan fingerprint density at radius 3 is 2.81 bits per heavy atom. The second kappa shape index (κ2) is 5.47. The van der Waals surface area contributed by atoms with Crippen LogP contribution < -0.4 is 4.57 Å². The lowest BCUT2D eigenvalue weighted by Crippen LogP contribution is -2.35. The minimum atomic E-state index is -0.962. The number of fused-ring (bicyclic) bond motifs is 1. The third-order valence-corrected chi connectivity index (χ3v) is 4.64. The van der Waals surface area contributed by atoms with Gasteiger partial charge in [0.15, 0.2) is 6.54 Å². The van der Waals surface area contributed by atoms with E-state index in [1.54, 1.807) is 17.4 Å². The Morgan fingerprint density at radius 2 is 2.05 bits per heavy atom. The number of carbonyl (C=O) groups is 1. The van der Waals surface area contributed by atoms with Gasteiger partial charge in [-0.05, 0) is 24.3 Å². The normalized spacial score (nSPS) is 11.0. The molecule has 0 fully saturated rings. The van der Waals surface area contributed by atoms with Crippen LogP contribution in [0.3, 0.4) is 0 Å². The molecule has 21 heavy (non-hydrogen) atoms. The van der Waals surface area contributed by atoms with Gasteiger partial charge in [-0.2, -0.15) is 4.57 Å². The van der Waals surface area contributed by atoms with Crippen molar-refractivity contribution in [2.45, 2.75) is 13.5 Å². The lowest BCUT2D eigenvalue weighted by Gasteiger charge is -2.02. The number of aromatic nitrogens is 1. The highest BCUT2D eigenvalue weighted by atomic mass is 35.5. The van der Waals surface area contributed by atoms with Crippen LogP contribution in [0.5, 0.6) is 0 Å². The standard InChI is InChI=1S/C16H12ClNO2S/c1-10-18(14-4-2-3-5-15(14)21-10)9-11-6-12(16(19)20)8-13(17)7-11/h2-8H,9H2,1H3/p+1. The third kappa shape index (κ3) is 2.77. The van der Waals surface area contributed by atoms with Crippen molar-refractivity contribution >= 4 is 39.1 Å². The number of carboxylic acid groups (broad SMARTS) is 1. The van der Waals surface area contributed by atoms with Crippen LogP contribution in [0.25, 0.3) is 10.2 Å².